The van der Waals surface area contributed by atoms with Gasteiger partial charge in [0.25, 0.3) is 0 Å². The van der Waals surface area contributed by atoms with Crippen LogP contribution in [0.4, 0.5) is 15.9 Å². The summed E-state index contributed by atoms with van der Waals surface area (Å²) in [4.78, 5) is 15.6. The number of ether oxygens (including phenoxy) is 1. The van der Waals surface area contributed by atoms with Crippen LogP contribution >= 0.6 is 0 Å². The van der Waals surface area contributed by atoms with Gasteiger partial charge in [-0.15, -0.1) is 0 Å². The van der Waals surface area contributed by atoms with Gasteiger partial charge in [0.15, 0.2) is 0 Å². The molecule has 0 radical (unpaired) electrons. The fraction of sp³-hybridized carbons (Fsp3) is 0.150. The molecule has 27 heavy (non-hydrogen) atoms. The van der Waals surface area contributed by atoms with Crippen LogP contribution in [-0.2, 0) is 6.42 Å². The molecule has 7 heteroatoms. The Morgan fingerprint density at radius 3 is 2.74 bits per heavy atom. The summed E-state index contributed by atoms with van der Waals surface area (Å²) in [5.41, 5.74) is 4.08. The van der Waals surface area contributed by atoms with Crippen LogP contribution in [0.5, 0.6) is 5.88 Å². The molecule has 0 aliphatic carbocycles. The molecule has 0 atom stereocenters. The highest BCUT2D eigenvalue weighted by atomic mass is 19.1. The molecule has 0 aromatic carbocycles. The van der Waals surface area contributed by atoms with E-state index < -0.39 is 5.95 Å². The number of H-pyrrole nitrogens is 1. The monoisotopic (exact) mass is 363 g/mol. The largest absolute Gasteiger partial charge is 0.481 e. The third-order valence-electron chi connectivity index (χ3n) is 4.28. The van der Waals surface area contributed by atoms with Gasteiger partial charge in [0.2, 0.25) is 11.8 Å². The van der Waals surface area contributed by atoms with Crippen molar-refractivity contribution in [2.24, 2.45) is 0 Å². The molecule has 0 bridgehead atoms. The second-order valence-corrected chi connectivity index (χ2v) is 6.26. The van der Waals surface area contributed by atoms with Crippen molar-refractivity contribution in [1.29, 1.82) is 0 Å². The number of methoxy groups -OCH3 is 1. The van der Waals surface area contributed by atoms with Crippen molar-refractivity contribution >= 4 is 22.5 Å². The van der Waals surface area contributed by atoms with Gasteiger partial charge in [-0.2, -0.15) is 4.39 Å². The van der Waals surface area contributed by atoms with Crippen LogP contribution in [0.15, 0.2) is 48.9 Å². The van der Waals surface area contributed by atoms with Gasteiger partial charge >= 0.3 is 0 Å². The number of nitrogens with one attached hydrogen (secondary N) is 2. The van der Waals surface area contributed by atoms with Gasteiger partial charge in [-0.25, -0.2) is 15.0 Å². The number of hydrogen-bond donors (Lipinski definition) is 2. The van der Waals surface area contributed by atoms with E-state index >= 15 is 0 Å². The number of anilines is 2. The first kappa shape index (κ1) is 17.0. The molecule has 0 fully saturated rings. The minimum absolute atomic E-state index is 0.416. The summed E-state index contributed by atoms with van der Waals surface area (Å²) < 4.78 is 19.6. The second kappa shape index (κ2) is 7.03. The predicted octanol–water partition coefficient (Wildman–Crippen LogP) is 4.14. The first-order valence-electron chi connectivity index (χ1n) is 8.47. The van der Waals surface area contributed by atoms with Gasteiger partial charge in [0.1, 0.15) is 11.5 Å². The van der Waals surface area contributed by atoms with Gasteiger partial charge in [-0.3, -0.25) is 0 Å². The van der Waals surface area contributed by atoms with E-state index in [2.05, 4.69) is 25.3 Å². The van der Waals surface area contributed by atoms with E-state index in [1.165, 1.54) is 0 Å². The van der Waals surface area contributed by atoms with E-state index in [0.717, 1.165) is 22.2 Å². The molecule has 4 heterocycles. The summed E-state index contributed by atoms with van der Waals surface area (Å²) in [6, 6.07) is 9.05. The van der Waals surface area contributed by atoms with E-state index in [-0.39, 0.29) is 0 Å². The van der Waals surface area contributed by atoms with E-state index in [1.54, 1.807) is 43.8 Å². The number of rotatable bonds is 5. The van der Waals surface area contributed by atoms with Crippen LogP contribution in [0.1, 0.15) is 16.7 Å². The molecule has 0 saturated carbocycles. The summed E-state index contributed by atoms with van der Waals surface area (Å²) in [5, 5.41) is 4.03. The molecular formula is C20H18FN5O. The van der Waals surface area contributed by atoms with Crippen molar-refractivity contribution in [1.82, 2.24) is 19.9 Å². The average molecular weight is 363 g/mol. The number of aromatic nitrogens is 4. The lowest BCUT2D eigenvalue weighted by Gasteiger charge is -2.08. The van der Waals surface area contributed by atoms with Crippen molar-refractivity contribution in [3.05, 3.63) is 71.6 Å². The lowest BCUT2D eigenvalue weighted by atomic mass is 10.1. The zero-order valence-corrected chi connectivity index (χ0v) is 15.0. The number of nitrogens with zero attached hydrogens (tertiary/aromatic N) is 3. The zero-order valence-electron chi connectivity index (χ0n) is 15.0. The lowest BCUT2D eigenvalue weighted by Crippen LogP contribution is -2.00. The maximum absolute atomic E-state index is 14.5. The van der Waals surface area contributed by atoms with Crippen molar-refractivity contribution in [3.8, 4) is 5.88 Å². The lowest BCUT2D eigenvalue weighted by molar-refractivity contribution is 0.398. The summed E-state index contributed by atoms with van der Waals surface area (Å²) in [6.07, 6.45) is 5.72. The smallest absolute Gasteiger partial charge is 0.218 e. The molecule has 4 aromatic heterocycles. The maximum Gasteiger partial charge on any atom is 0.218 e. The molecule has 4 rings (SSSR count). The standard InChI is InChI=1S/C20H18FN5O/c1-12-7-16-14(10-24-20(16)23-9-12)8-13-3-5-17(26-19(13)21)25-15-4-6-18(27-2)22-11-15/h3-7,9-11H,8H2,1-2H3,(H,23,24)(H,25,26). The van der Waals surface area contributed by atoms with Crippen LogP contribution in [0.25, 0.3) is 11.0 Å². The van der Waals surface area contributed by atoms with E-state index in [9.17, 15) is 4.39 Å². The van der Waals surface area contributed by atoms with Crippen molar-refractivity contribution in [3.63, 3.8) is 0 Å². The van der Waals surface area contributed by atoms with Gasteiger partial charge < -0.3 is 15.0 Å². The third kappa shape index (κ3) is 3.57. The topological polar surface area (TPSA) is 75.7 Å². The zero-order chi connectivity index (χ0) is 18.8. The Balaban J connectivity index is 1.55. The fourth-order valence-corrected chi connectivity index (χ4v) is 2.90. The van der Waals surface area contributed by atoms with Crippen LogP contribution in [0, 0.1) is 12.9 Å². The molecule has 0 unspecified atom stereocenters. The molecule has 4 aromatic rings. The Kier molecular flexibility index (Phi) is 4.42. The summed E-state index contributed by atoms with van der Waals surface area (Å²) in [5.74, 6) is 0.426. The van der Waals surface area contributed by atoms with Gasteiger partial charge in [-0.05, 0) is 36.2 Å². The number of fused-ring (bicyclic) bond motifs is 1. The Hall–Kier alpha value is -3.48. The van der Waals surface area contributed by atoms with Gasteiger partial charge in [0, 0.05) is 35.8 Å². The van der Waals surface area contributed by atoms with Crippen LogP contribution in [-0.4, -0.2) is 27.0 Å². The molecule has 0 aliphatic rings. The van der Waals surface area contributed by atoms with Gasteiger partial charge in [0.05, 0.1) is 19.0 Å². The minimum Gasteiger partial charge on any atom is -0.481 e. The second-order valence-electron chi connectivity index (χ2n) is 6.26. The number of aryl methyl sites for hydroxylation is 1. The minimum atomic E-state index is -0.503. The Bertz CT molecular complexity index is 1090. The van der Waals surface area contributed by atoms with Gasteiger partial charge in [-0.1, -0.05) is 6.07 Å². The quantitative estimate of drug-likeness (QED) is 0.521. The normalized spacial score (nSPS) is 10.9. The van der Waals surface area contributed by atoms with Crippen LogP contribution in [0.2, 0.25) is 0 Å². The average Bonchev–Trinajstić information content (AvgIpc) is 3.06. The Morgan fingerprint density at radius 1 is 1.11 bits per heavy atom. The molecule has 0 spiro atoms. The molecule has 0 aliphatic heterocycles. The highest BCUT2D eigenvalue weighted by Crippen LogP contribution is 2.23. The number of hydrogen-bond acceptors (Lipinski definition) is 5. The molecular weight excluding hydrogens is 345 g/mol. The van der Waals surface area contributed by atoms with Crippen molar-refractivity contribution in [2.45, 2.75) is 13.3 Å². The van der Waals surface area contributed by atoms with Crippen LogP contribution in [0.3, 0.4) is 0 Å². The summed E-state index contributed by atoms with van der Waals surface area (Å²) >= 11 is 0. The number of halogens is 1. The molecule has 6 nitrogen and oxygen atoms in total. The summed E-state index contributed by atoms with van der Waals surface area (Å²) in [7, 11) is 1.55. The molecule has 136 valence electrons. The summed E-state index contributed by atoms with van der Waals surface area (Å²) in [6.45, 7) is 1.99. The number of pyridine rings is 3. The highest BCUT2D eigenvalue weighted by Gasteiger charge is 2.11. The maximum atomic E-state index is 14.5. The number of aromatic amines is 1. The first-order valence-corrected chi connectivity index (χ1v) is 8.47. The first-order chi connectivity index (χ1) is 13.1. The molecule has 0 saturated heterocycles. The SMILES string of the molecule is COc1ccc(Nc2ccc(Cc3c[nH]c4ncc(C)cc34)c(F)n2)cn1. The highest BCUT2D eigenvalue weighted by molar-refractivity contribution is 5.80. The molecule has 2 N–H and O–H groups in total. The third-order valence-corrected chi connectivity index (χ3v) is 4.28. The Morgan fingerprint density at radius 2 is 2.00 bits per heavy atom. The van der Waals surface area contributed by atoms with Crippen molar-refractivity contribution < 1.29 is 9.13 Å². The van der Waals surface area contributed by atoms with E-state index in [4.69, 9.17) is 4.74 Å². The van der Waals surface area contributed by atoms with E-state index in [0.29, 0.717) is 29.4 Å². The predicted molar refractivity (Wildman–Crippen MR) is 102 cm³/mol. The Labute approximate surface area is 155 Å². The van der Waals surface area contributed by atoms with E-state index in [1.807, 2.05) is 19.2 Å². The molecule has 0 amide bonds. The van der Waals surface area contributed by atoms with Crippen molar-refractivity contribution in [2.75, 3.05) is 12.4 Å². The van der Waals surface area contributed by atoms with Crippen LogP contribution < -0.4 is 10.1 Å². The fourth-order valence-electron chi connectivity index (χ4n) is 2.90.